The minimum atomic E-state index is -0.947. The number of nitrogens with zero attached hydrogens (tertiary/aromatic N) is 1. The summed E-state index contributed by atoms with van der Waals surface area (Å²) in [4.78, 5) is 2.45. The minimum Gasteiger partial charge on any atom is -0.504 e. The molecule has 2 bridgehead atoms. The predicted molar refractivity (Wildman–Crippen MR) is 108 cm³/mol. The number of aliphatic hydroxyl groups excluding tert-OH is 1. The maximum Gasteiger partial charge on any atom is 0.165 e. The molecule has 29 heavy (non-hydrogen) atoms. The molecular formula is C24H27NO4. The van der Waals surface area contributed by atoms with Crippen molar-refractivity contribution in [1.82, 2.24) is 4.90 Å². The van der Waals surface area contributed by atoms with Crippen LogP contribution in [-0.2, 0) is 18.3 Å². The summed E-state index contributed by atoms with van der Waals surface area (Å²) in [5.41, 5.74) is 1.85. The van der Waals surface area contributed by atoms with Crippen LogP contribution in [0.1, 0.15) is 36.0 Å². The number of benzene rings is 2. The minimum absolute atomic E-state index is 0.00144. The van der Waals surface area contributed by atoms with Crippen LogP contribution in [0.15, 0.2) is 42.5 Å². The van der Waals surface area contributed by atoms with Crippen molar-refractivity contribution in [3.8, 4) is 11.5 Å². The van der Waals surface area contributed by atoms with Gasteiger partial charge in [0.25, 0.3) is 0 Å². The van der Waals surface area contributed by atoms with Gasteiger partial charge in [0, 0.05) is 18.2 Å². The molecule has 5 atom stereocenters. The molecule has 4 aliphatic rings. The van der Waals surface area contributed by atoms with Crippen LogP contribution in [-0.4, -0.2) is 57.2 Å². The highest BCUT2D eigenvalue weighted by atomic mass is 16.5. The van der Waals surface area contributed by atoms with Crippen LogP contribution in [0.2, 0.25) is 0 Å². The van der Waals surface area contributed by atoms with Crippen LogP contribution in [0.4, 0.5) is 0 Å². The zero-order chi connectivity index (χ0) is 19.8. The Kier molecular flexibility index (Phi) is 3.65. The number of rotatable bonds is 3. The highest BCUT2D eigenvalue weighted by molar-refractivity contribution is 5.62. The lowest BCUT2D eigenvalue weighted by Gasteiger charge is -2.63. The topological polar surface area (TPSA) is 73.2 Å². The highest BCUT2D eigenvalue weighted by Gasteiger charge is 2.72. The van der Waals surface area contributed by atoms with Crippen LogP contribution in [0.25, 0.3) is 0 Å². The lowest BCUT2D eigenvalue weighted by molar-refractivity contribution is -0.207. The van der Waals surface area contributed by atoms with Gasteiger partial charge >= 0.3 is 0 Å². The molecule has 2 fully saturated rings. The molecule has 2 heterocycles. The lowest BCUT2D eigenvalue weighted by atomic mass is 9.48. The third kappa shape index (κ3) is 2.16. The van der Waals surface area contributed by atoms with E-state index in [0.717, 1.165) is 43.5 Å². The van der Waals surface area contributed by atoms with E-state index in [-0.39, 0.29) is 11.8 Å². The number of ether oxygens (including phenoxy) is 1. The van der Waals surface area contributed by atoms with E-state index >= 15 is 0 Å². The second-order valence-corrected chi connectivity index (χ2v) is 9.23. The van der Waals surface area contributed by atoms with E-state index in [1.165, 1.54) is 5.56 Å². The van der Waals surface area contributed by atoms with Gasteiger partial charge in [0.05, 0.1) is 17.1 Å². The van der Waals surface area contributed by atoms with Crippen molar-refractivity contribution in [2.75, 3.05) is 13.1 Å². The summed E-state index contributed by atoms with van der Waals surface area (Å²) < 4.78 is 6.17. The summed E-state index contributed by atoms with van der Waals surface area (Å²) >= 11 is 0. The van der Waals surface area contributed by atoms with Crippen molar-refractivity contribution in [2.45, 2.75) is 61.4 Å². The van der Waals surface area contributed by atoms with Crippen LogP contribution in [0.5, 0.6) is 11.5 Å². The molecule has 3 N–H and O–H groups in total. The van der Waals surface area contributed by atoms with E-state index < -0.39 is 23.2 Å². The van der Waals surface area contributed by atoms with E-state index in [2.05, 4.69) is 29.2 Å². The van der Waals surface area contributed by atoms with Crippen LogP contribution in [0.3, 0.4) is 0 Å². The number of aromatic hydroxyl groups is 1. The molecule has 0 radical (unpaired) electrons. The molecule has 2 aromatic carbocycles. The fourth-order valence-corrected chi connectivity index (χ4v) is 6.79. The Morgan fingerprint density at radius 2 is 1.93 bits per heavy atom. The summed E-state index contributed by atoms with van der Waals surface area (Å²) in [6.45, 7) is 1.77. The largest absolute Gasteiger partial charge is 0.504 e. The van der Waals surface area contributed by atoms with Crippen molar-refractivity contribution in [3.63, 3.8) is 0 Å². The molecule has 0 amide bonds. The van der Waals surface area contributed by atoms with Crippen molar-refractivity contribution in [3.05, 3.63) is 59.2 Å². The number of hydrogen-bond donors (Lipinski definition) is 3. The monoisotopic (exact) mass is 393 g/mol. The van der Waals surface area contributed by atoms with Gasteiger partial charge in [-0.3, -0.25) is 4.90 Å². The third-order valence-electron chi connectivity index (χ3n) is 8.07. The molecule has 2 aliphatic heterocycles. The number of phenolic OH excluding ortho intramolecular Hbond substituents is 1. The lowest BCUT2D eigenvalue weighted by Crippen LogP contribution is -2.77. The molecule has 6 rings (SSSR count). The van der Waals surface area contributed by atoms with Crippen LogP contribution < -0.4 is 4.74 Å². The standard InChI is InChI=1S/C24H27NO4/c26-17-7-6-16-14-19-24(28)10-8-18(27)22-23(24,20(16)21(17)29-22)11-13-25(19)12-9-15-4-2-1-3-5-15/h1-7,18-19,22,26-28H,8-14H2/t18?,19-,22?,23+,24-/m1/s1. The quantitative estimate of drug-likeness (QED) is 0.745. The smallest absolute Gasteiger partial charge is 0.165 e. The van der Waals surface area contributed by atoms with E-state index in [1.807, 2.05) is 12.1 Å². The Morgan fingerprint density at radius 1 is 1.10 bits per heavy atom. The average molecular weight is 393 g/mol. The molecule has 2 aliphatic carbocycles. The van der Waals surface area contributed by atoms with Gasteiger partial charge in [-0.05, 0) is 55.8 Å². The first-order valence-electron chi connectivity index (χ1n) is 10.7. The normalized spacial score (nSPS) is 37.1. The Labute approximate surface area is 170 Å². The van der Waals surface area contributed by atoms with Gasteiger partial charge in [0.1, 0.15) is 6.10 Å². The first-order chi connectivity index (χ1) is 14.0. The fourth-order valence-electron chi connectivity index (χ4n) is 6.79. The number of likely N-dealkylation sites (tertiary alicyclic amines) is 1. The van der Waals surface area contributed by atoms with Crippen LogP contribution in [0, 0.1) is 0 Å². The third-order valence-corrected chi connectivity index (χ3v) is 8.07. The van der Waals surface area contributed by atoms with Crippen molar-refractivity contribution in [1.29, 1.82) is 0 Å². The maximum absolute atomic E-state index is 12.2. The molecule has 152 valence electrons. The molecule has 1 saturated carbocycles. The second kappa shape index (κ2) is 5.97. The summed E-state index contributed by atoms with van der Waals surface area (Å²) in [6, 6.07) is 14.2. The number of phenols is 1. The van der Waals surface area contributed by atoms with Gasteiger partial charge in [0.2, 0.25) is 0 Å². The van der Waals surface area contributed by atoms with Gasteiger partial charge < -0.3 is 20.1 Å². The van der Waals surface area contributed by atoms with Crippen molar-refractivity contribution < 1.29 is 20.1 Å². The fraction of sp³-hybridized carbons (Fsp3) is 0.500. The summed E-state index contributed by atoms with van der Waals surface area (Å²) in [5.74, 6) is 0.607. The predicted octanol–water partition coefficient (Wildman–Crippen LogP) is 2.15. The van der Waals surface area contributed by atoms with Gasteiger partial charge in [-0.2, -0.15) is 0 Å². The Balaban J connectivity index is 1.42. The number of aliphatic hydroxyl groups is 2. The first-order valence-corrected chi connectivity index (χ1v) is 10.7. The van der Waals surface area contributed by atoms with Crippen molar-refractivity contribution >= 4 is 0 Å². The summed E-state index contributed by atoms with van der Waals surface area (Å²) in [5, 5.41) is 33.4. The Morgan fingerprint density at radius 3 is 2.76 bits per heavy atom. The molecule has 2 aromatic rings. The Hall–Kier alpha value is -2.08. The van der Waals surface area contributed by atoms with E-state index in [0.29, 0.717) is 18.6 Å². The molecule has 0 aromatic heterocycles. The van der Waals surface area contributed by atoms with E-state index in [9.17, 15) is 15.3 Å². The second-order valence-electron chi connectivity index (χ2n) is 9.23. The first kappa shape index (κ1) is 17.8. The van der Waals surface area contributed by atoms with E-state index in [4.69, 9.17) is 4.74 Å². The Bertz CT molecular complexity index is 963. The van der Waals surface area contributed by atoms with Gasteiger partial charge in [-0.25, -0.2) is 0 Å². The number of hydrogen-bond acceptors (Lipinski definition) is 5. The summed E-state index contributed by atoms with van der Waals surface area (Å²) in [7, 11) is 0. The molecule has 1 spiro atoms. The molecule has 5 nitrogen and oxygen atoms in total. The molecule has 1 saturated heterocycles. The average Bonchev–Trinajstić information content (AvgIpc) is 3.09. The van der Waals surface area contributed by atoms with Gasteiger partial charge in [-0.1, -0.05) is 36.4 Å². The van der Waals surface area contributed by atoms with E-state index in [1.54, 1.807) is 6.07 Å². The van der Waals surface area contributed by atoms with Gasteiger partial charge in [0.15, 0.2) is 11.5 Å². The molecule has 2 unspecified atom stereocenters. The maximum atomic E-state index is 12.2. The van der Waals surface area contributed by atoms with Crippen LogP contribution >= 0.6 is 0 Å². The number of piperidine rings is 1. The summed E-state index contributed by atoms with van der Waals surface area (Å²) in [6.07, 6.45) is 2.43. The van der Waals surface area contributed by atoms with Crippen molar-refractivity contribution in [2.24, 2.45) is 0 Å². The zero-order valence-corrected chi connectivity index (χ0v) is 16.4. The SMILES string of the molecule is Oc1ccc2c3c1OC1C(O)CC[C@@]4(O)[C@@H](C2)N(CCc2ccccc2)CC[C@]314. The molecular weight excluding hydrogens is 366 g/mol. The van der Waals surface area contributed by atoms with Gasteiger partial charge in [-0.15, -0.1) is 0 Å². The highest BCUT2D eigenvalue weighted by Crippen LogP contribution is 2.65. The zero-order valence-electron chi connectivity index (χ0n) is 16.4. The molecule has 5 heteroatoms.